The third-order valence-electron chi connectivity index (χ3n) is 2.35. The van der Waals surface area contributed by atoms with Crippen molar-refractivity contribution in [3.63, 3.8) is 0 Å². The van der Waals surface area contributed by atoms with E-state index in [1.165, 1.54) is 19.4 Å². The minimum Gasteiger partial charge on any atom is -0.354 e. The number of rotatable bonds is 1. The first-order valence-electron chi connectivity index (χ1n) is 4.14. The third-order valence-corrected chi connectivity index (χ3v) is 2.35. The Kier molecular flexibility index (Phi) is 1.56. The topological polar surface area (TPSA) is 31.9 Å². The molecular formula is C8H15N3. The number of hydrogen-bond acceptors (Lipinski definition) is 2. The molecule has 1 aromatic heterocycles. The van der Waals surface area contributed by atoms with Crippen LogP contribution in [-0.4, -0.2) is 22.8 Å². The summed E-state index contributed by atoms with van der Waals surface area (Å²) in [4.78, 5) is 2.37. The summed E-state index contributed by atoms with van der Waals surface area (Å²) in [5, 5.41) is 6.92. The van der Waals surface area contributed by atoms with E-state index in [-0.39, 0.29) is 1.43 Å². The standard InChI is InChI=1S/C8H13N3.H2/c1-7-3-2-6-11(7)8-4-5-9-10-8;/h4-5,7H,2-3,6H2,1H3,(H,9,10);1H/t7-;/m0./s1. The van der Waals surface area contributed by atoms with Crippen LogP contribution in [0.1, 0.15) is 21.2 Å². The molecule has 2 heterocycles. The highest BCUT2D eigenvalue weighted by Crippen LogP contribution is 2.22. The van der Waals surface area contributed by atoms with E-state index < -0.39 is 0 Å². The molecule has 11 heavy (non-hydrogen) atoms. The van der Waals surface area contributed by atoms with Crippen molar-refractivity contribution in [2.24, 2.45) is 0 Å². The second-order valence-electron chi connectivity index (χ2n) is 3.13. The first-order valence-corrected chi connectivity index (χ1v) is 4.14. The zero-order valence-electron chi connectivity index (χ0n) is 6.75. The largest absolute Gasteiger partial charge is 0.354 e. The molecule has 0 spiro atoms. The van der Waals surface area contributed by atoms with Gasteiger partial charge in [0.25, 0.3) is 0 Å². The van der Waals surface area contributed by atoms with E-state index in [2.05, 4.69) is 22.0 Å². The molecule has 0 radical (unpaired) electrons. The third kappa shape index (κ3) is 1.11. The molecule has 2 rings (SSSR count). The van der Waals surface area contributed by atoms with E-state index in [0.717, 1.165) is 5.82 Å². The van der Waals surface area contributed by atoms with Crippen LogP contribution in [0.15, 0.2) is 12.3 Å². The van der Waals surface area contributed by atoms with Crippen molar-refractivity contribution in [1.82, 2.24) is 10.2 Å². The van der Waals surface area contributed by atoms with Gasteiger partial charge in [-0.25, -0.2) is 0 Å². The molecule has 0 aliphatic carbocycles. The highest BCUT2D eigenvalue weighted by atomic mass is 15.3. The minimum absolute atomic E-state index is 0. The van der Waals surface area contributed by atoms with E-state index in [4.69, 9.17) is 0 Å². The average molecular weight is 153 g/mol. The van der Waals surface area contributed by atoms with E-state index in [1.807, 2.05) is 6.07 Å². The average Bonchev–Trinajstić information content (AvgIpc) is 2.55. The number of hydrogen-bond donors (Lipinski definition) is 1. The molecule has 1 saturated heterocycles. The lowest BCUT2D eigenvalue weighted by molar-refractivity contribution is 0.725. The molecule has 1 aliphatic rings. The van der Waals surface area contributed by atoms with Crippen LogP contribution in [0.2, 0.25) is 0 Å². The zero-order chi connectivity index (χ0) is 7.68. The van der Waals surface area contributed by atoms with Crippen molar-refractivity contribution >= 4 is 5.82 Å². The molecule has 0 amide bonds. The number of aromatic nitrogens is 2. The van der Waals surface area contributed by atoms with Gasteiger partial charge in [-0.1, -0.05) is 0 Å². The Bertz CT molecular complexity index is 222. The lowest BCUT2D eigenvalue weighted by Crippen LogP contribution is -2.26. The fourth-order valence-electron chi connectivity index (χ4n) is 1.70. The van der Waals surface area contributed by atoms with Gasteiger partial charge >= 0.3 is 0 Å². The molecule has 0 aromatic carbocycles. The first-order chi connectivity index (χ1) is 5.38. The lowest BCUT2D eigenvalue weighted by atomic mass is 10.2. The van der Waals surface area contributed by atoms with Crippen LogP contribution in [0.4, 0.5) is 5.82 Å². The molecule has 1 fully saturated rings. The fraction of sp³-hybridized carbons (Fsp3) is 0.625. The summed E-state index contributed by atoms with van der Waals surface area (Å²) in [5.74, 6) is 1.16. The van der Waals surface area contributed by atoms with Crippen molar-refractivity contribution in [3.8, 4) is 0 Å². The van der Waals surface area contributed by atoms with Crippen molar-refractivity contribution in [2.75, 3.05) is 11.4 Å². The van der Waals surface area contributed by atoms with Crippen molar-refractivity contribution in [1.29, 1.82) is 0 Å². The molecular weight excluding hydrogens is 138 g/mol. The number of anilines is 1. The van der Waals surface area contributed by atoms with Crippen LogP contribution in [0.5, 0.6) is 0 Å². The summed E-state index contributed by atoms with van der Waals surface area (Å²) in [5.41, 5.74) is 0. The van der Waals surface area contributed by atoms with Crippen LogP contribution in [-0.2, 0) is 0 Å². The van der Waals surface area contributed by atoms with Gasteiger partial charge in [-0.05, 0) is 19.8 Å². The van der Waals surface area contributed by atoms with Crippen LogP contribution in [0.25, 0.3) is 0 Å². The van der Waals surface area contributed by atoms with E-state index in [9.17, 15) is 0 Å². The first kappa shape index (κ1) is 6.70. The van der Waals surface area contributed by atoms with Crippen LogP contribution < -0.4 is 4.90 Å². The normalized spacial score (nSPS) is 24.5. The van der Waals surface area contributed by atoms with Gasteiger partial charge < -0.3 is 4.90 Å². The maximum atomic E-state index is 3.93. The lowest BCUT2D eigenvalue weighted by Gasteiger charge is -2.20. The molecule has 1 N–H and O–H groups in total. The van der Waals surface area contributed by atoms with Crippen molar-refractivity contribution < 1.29 is 1.43 Å². The molecule has 1 aromatic rings. The fourth-order valence-corrected chi connectivity index (χ4v) is 1.70. The molecule has 62 valence electrons. The Morgan fingerprint density at radius 3 is 3.27 bits per heavy atom. The Morgan fingerprint density at radius 2 is 2.73 bits per heavy atom. The predicted octanol–water partition coefficient (Wildman–Crippen LogP) is 1.64. The smallest absolute Gasteiger partial charge is 0.124 e. The Balaban J connectivity index is 0.000000720. The van der Waals surface area contributed by atoms with Crippen LogP contribution in [0, 0.1) is 0 Å². The predicted molar refractivity (Wildman–Crippen MR) is 46.7 cm³/mol. The summed E-state index contributed by atoms with van der Waals surface area (Å²) >= 11 is 0. The molecule has 0 bridgehead atoms. The number of nitrogens with zero attached hydrogens (tertiary/aromatic N) is 2. The van der Waals surface area contributed by atoms with Crippen molar-refractivity contribution in [2.45, 2.75) is 25.8 Å². The molecule has 3 heteroatoms. The van der Waals surface area contributed by atoms with Gasteiger partial charge in [-0.2, -0.15) is 5.10 Å². The minimum atomic E-state index is 0. The van der Waals surface area contributed by atoms with E-state index >= 15 is 0 Å². The maximum Gasteiger partial charge on any atom is 0.124 e. The second-order valence-corrected chi connectivity index (χ2v) is 3.13. The van der Waals surface area contributed by atoms with Gasteiger partial charge in [0.2, 0.25) is 0 Å². The van der Waals surface area contributed by atoms with E-state index in [1.54, 1.807) is 6.20 Å². The summed E-state index contributed by atoms with van der Waals surface area (Å²) in [6.07, 6.45) is 4.42. The van der Waals surface area contributed by atoms with Gasteiger partial charge in [-0.3, -0.25) is 5.10 Å². The maximum absolute atomic E-state index is 3.93. The van der Waals surface area contributed by atoms with E-state index in [0.29, 0.717) is 6.04 Å². The van der Waals surface area contributed by atoms with Gasteiger partial charge in [-0.15, -0.1) is 0 Å². The SMILES string of the molecule is C[C@H]1CCCN1c1ccn[nH]1.[HH]. The van der Waals surface area contributed by atoms with Gasteiger partial charge in [0, 0.05) is 20.1 Å². The summed E-state index contributed by atoms with van der Waals surface area (Å²) in [6, 6.07) is 2.71. The summed E-state index contributed by atoms with van der Waals surface area (Å²) in [7, 11) is 0. The monoisotopic (exact) mass is 153 g/mol. The number of aromatic amines is 1. The summed E-state index contributed by atoms with van der Waals surface area (Å²) < 4.78 is 0. The zero-order valence-corrected chi connectivity index (χ0v) is 6.75. The van der Waals surface area contributed by atoms with Gasteiger partial charge in [0.05, 0.1) is 6.20 Å². The second kappa shape index (κ2) is 2.57. The Hall–Kier alpha value is -0.990. The van der Waals surface area contributed by atoms with Gasteiger partial charge in [0.1, 0.15) is 5.82 Å². The van der Waals surface area contributed by atoms with Crippen LogP contribution in [0.3, 0.4) is 0 Å². The summed E-state index contributed by atoms with van der Waals surface area (Å²) in [6.45, 7) is 3.43. The molecule has 3 nitrogen and oxygen atoms in total. The molecule has 1 atom stereocenters. The Morgan fingerprint density at radius 1 is 1.82 bits per heavy atom. The van der Waals surface area contributed by atoms with Crippen molar-refractivity contribution in [3.05, 3.63) is 12.3 Å². The highest BCUT2D eigenvalue weighted by Gasteiger charge is 2.20. The molecule has 0 saturated carbocycles. The van der Waals surface area contributed by atoms with Gasteiger partial charge in [0.15, 0.2) is 0 Å². The quantitative estimate of drug-likeness (QED) is 0.665. The highest BCUT2D eigenvalue weighted by molar-refractivity contribution is 5.38. The number of H-pyrrole nitrogens is 1. The molecule has 0 unspecified atom stereocenters. The Labute approximate surface area is 67.9 Å². The van der Waals surface area contributed by atoms with Crippen LogP contribution >= 0.6 is 0 Å². The molecule has 1 aliphatic heterocycles. The number of nitrogens with one attached hydrogen (secondary N) is 1.